The molecule has 0 aromatic heterocycles. The predicted octanol–water partition coefficient (Wildman–Crippen LogP) is 4.99. The van der Waals surface area contributed by atoms with E-state index in [1.807, 2.05) is 24.3 Å². The predicted molar refractivity (Wildman–Crippen MR) is 79.2 cm³/mol. The highest BCUT2D eigenvalue weighted by Gasteiger charge is 2.07. The number of aliphatic hydroxyl groups excluding tert-OH is 1. The number of halogens is 1. The Bertz CT molecular complexity index is 325. The van der Waals surface area contributed by atoms with Gasteiger partial charge < -0.3 is 5.11 Å². The molecule has 18 heavy (non-hydrogen) atoms. The van der Waals surface area contributed by atoms with Gasteiger partial charge in [0.2, 0.25) is 0 Å². The number of rotatable bonds is 9. The van der Waals surface area contributed by atoms with Crippen LogP contribution >= 0.6 is 11.6 Å². The fourth-order valence-corrected chi connectivity index (χ4v) is 2.39. The molecule has 0 fully saturated rings. The molecule has 1 aromatic rings. The molecule has 0 spiro atoms. The van der Waals surface area contributed by atoms with Gasteiger partial charge in [-0.05, 0) is 24.5 Å². The van der Waals surface area contributed by atoms with E-state index in [-0.39, 0.29) is 6.10 Å². The van der Waals surface area contributed by atoms with Gasteiger partial charge in [-0.3, -0.25) is 0 Å². The standard InChI is InChI=1S/C16H25ClO/c1-2-3-4-5-6-7-11-15(18)13-14-10-8-9-12-16(14)17/h8-10,12,15,18H,2-7,11,13H2,1H3. The van der Waals surface area contributed by atoms with Crippen molar-refractivity contribution in [2.45, 2.75) is 64.4 Å². The molecule has 0 radical (unpaired) electrons. The number of unbranched alkanes of at least 4 members (excludes halogenated alkanes) is 5. The Kier molecular flexibility index (Phi) is 8.11. The van der Waals surface area contributed by atoms with Gasteiger partial charge in [0, 0.05) is 5.02 Å². The first kappa shape index (κ1) is 15.5. The molecule has 0 aliphatic heterocycles. The van der Waals surface area contributed by atoms with Gasteiger partial charge >= 0.3 is 0 Å². The Labute approximate surface area is 116 Å². The van der Waals surface area contributed by atoms with E-state index in [0.29, 0.717) is 6.42 Å². The maximum atomic E-state index is 9.97. The van der Waals surface area contributed by atoms with Crippen molar-refractivity contribution in [3.63, 3.8) is 0 Å². The summed E-state index contributed by atoms with van der Waals surface area (Å²) in [6, 6.07) is 7.77. The van der Waals surface area contributed by atoms with Gasteiger partial charge in [-0.1, -0.05) is 75.2 Å². The second-order valence-electron chi connectivity index (χ2n) is 5.01. The molecule has 1 aromatic carbocycles. The van der Waals surface area contributed by atoms with E-state index in [4.69, 9.17) is 11.6 Å². The molecule has 1 nitrogen and oxygen atoms in total. The van der Waals surface area contributed by atoms with Crippen LogP contribution in [0.2, 0.25) is 5.02 Å². The summed E-state index contributed by atoms with van der Waals surface area (Å²) >= 11 is 6.08. The fourth-order valence-electron chi connectivity index (χ4n) is 2.18. The third-order valence-corrected chi connectivity index (χ3v) is 3.67. The van der Waals surface area contributed by atoms with Gasteiger partial charge in [0.1, 0.15) is 0 Å². The van der Waals surface area contributed by atoms with Crippen molar-refractivity contribution >= 4 is 11.6 Å². The summed E-state index contributed by atoms with van der Waals surface area (Å²) < 4.78 is 0. The minimum Gasteiger partial charge on any atom is -0.393 e. The Balaban J connectivity index is 2.14. The van der Waals surface area contributed by atoms with Crippen molar-refractivity contribution < 1.29 is 5.11 Å². The van der Waals surface area contributed by atoms with Crippen LogP contribution in [0.1, 0.15) is 57.4 Å². The number of aliphatic hydroxyl groups is 1. The van der Waals surface area contributed by atoms with Crippen LogP contribution in [-0.2, 0) is 6.42 Å². The van der Waals surface area contributed by atoms with E-state index in [1.54, 1.807) is 0 Å². The van der Waals surface area contributed by atoms with Crippen LogP contribution < -0.4 is 0 Å². The van der Waals surface area contributed by atoms with Crippen LogP contribution in [0.5, 0.6) is 0 Å². The minimum absolute atomic E-state index is 0.254. The number of hydrogen-bond donors (Lipinski definition) is 1. The Morgan fingerprint density at radius 1 is 1.06 bits per heavy atom. The SMILES string of the molecule is CCCCCCCCC(O)Cc1ccccc1Cl. The summed E-state index contributed by atoms with van der Waals surface area (Å²) in [4.78, 5) is 0. The lowest BCUT2D eigenvalue weighted by Crippen LogP contribution is -2.10. The van der Waals surface area contributed by atoms with Crippen LogP contribution in [0.15, 0.2) is 24.3 Å². The summed E-state index contributed by atoms with van der Waals surface area (Å²) in [5.41, 5.74) is 1.05. The highest BCUT2D eigenvalue weighted by molar-refractivity contribution is 6.31. The van der Waals surface area contributed by atoms with Crippen molar-refractivity contribution in [2.75, 3.05) is 0 Å². The lowest BCUT2D eigenvalue weighted by Gasteiger charge is -2.11. The van der Waals surface area contributed by atoms with E-state index >= 15 is 0 Å². The van der Waals surface area contributed by atoms with E-state index in [0.717, 1.165) is 23.4 Å². The molecular formula is C16H25ClO. The monoisotopic (exact) mass is 268 g/mol. The van der Waals surface area contributed by atoms with E-state index in [1.165, 1.54) is 32.1 Å². The molecule has 1 atom stereocenters. The molecule has 0 amide bonds. The van der Waals surface area contributed by atoms with Gasteiger partial charge in [-0.25, -0.2) is 0 Å². The molecule has 1 rings (SSSR count). The average molecular weight is 269 g/mol. The molecule has 0 heterocycles. The van der Waals surface area contributed by atoms with Gasteiger partial charge in [-0.2, -0.15) is 0 Å². The molecule has 102 valence electrons. The first-order valence-corrected chi connectivity index (χ1v) is 7.53. The molecule has 1 unspecified atom stereocenters. The normalized spacial score (nSPS) is 12.6. The summed E-state index contributed by atoms with van der Waals surface area (Å²) in [5.74, 6) is 0. The highest BCUT2D eigenvalue weighted by Crippen LogP contribution is 2.18. The molecule has 0 saturated heterocycles. The van der Waals surface area contributed by atoms with Crippen LogP contribution in [0, 0.1) is 0 Å². The summed E-state index contributed by atoms with van der Waals surface area (Å²) in [6.07, 6.45) is 8.91. The van der Waals surface area contributed by atoms with E-state index < -0.39 is 0 Å². The van der Waals surface area contributed by atoms with Crippen LogP contribution in [0.3, 0.4) is 0 Å². The topological polar surface area (TPSA) is 20.2 Å². The quantitative estimate of drug-likeness (QED) is 0.625. The van der Waals surface area contributed by atoms with Gasteiger partial charge in [-0.15, -0.1) is 0 Å². The molecule has 0 saturated carbocycles. The molecule has 2 heteroatoms. The zero-order valence-corrected chi connectivity index (χ0v) is 12.1. The molecule has 0 aliphatic carbocycles. The summed E-state index contributed by atoms with van der Waals surface area (Å²) in [5, 5.41) is 10.7. The maximum absolute atomic E-state index is 9.97. The van der Waals surface area contributed by atoms with E-state index in [9.17, 15) is 5.11 Å². The van der Waals surface area contributed by atoms with Gasteiger partial charge in [0.05, 0.1) is 6.10 Å². The number of hydrogen-bond acceptors (Lipinski definition) is 1. The zero-order chi connectivity index (χ0) is 13.2. The smallest absolute Gasteiger partial charge is 0.0581 e. The zero-order valence-electron chi connectivity index (χ0n) is 11.4. The third kappa shape index (κ3) is 6.42. The Morgan fingerprint density at radius 2 is 1.72 bits per heavy atom. The Morgan fingerprint density at radius 3 is 2.44 bits per heavy atom. The van der Waals surface area contributed by atoms with Crippen molar-refractivity contribution in [2.24, 2.45) is 0 Å². The Hall–Kier alpha value is -0.530. The maximum Gasteiger partial charge on any atom is 0.0581 e. The second-order valence-corrected chi connectivity index (χ2v) is 5.41. The lowest BCUT2D eigenvalue weighted by atomic mass is 10.0. The van der Waals surface area contributed by atoms with Gasteiger partial charge in [0.15, 0.2) is 0 Å². The minimum atomic E-state index is -0.254. The van der Waals surface area contributed by atoms with Crippen LogP contribution in [0.25, 0.3) is 0 Å². The molecule has 0 bridgehead atoms. The van der Waals surface area contributed by atoms with Crippen molar-refractivity contribution in [3.05, 3.63) is 34.9 Å². The molecule has 1 N–H and O–H groups in total. The van der Waals surface area contributed by atoms with Crippen molar-refractivity contribution in [3.8, 4) is 0 Å². The summed E-state index contributed by atoms with van der Waals surface area (Å²) in [7, 11) is 0. The number of benzene rings is 1. The van der Waals surface area contributed by atoms with E-state index in [2.05, 4.69) is 6.92 Å². The van der Waals surface area contributed by atoms with Crippen molar-refractivity contribution in [1.82, 2.24) is 0 Å². The largest absolute Gasteiger partial charge is 0.393 e. The van der Waals surface area contributed by atoms with Crippen LogP contribution in [0.4, 0.5) is 0 Å². The molecular weight excluding hydrogens is 244 g/mol. The van der Waals surface area contributed by atoms with Crippen molar-refractivity contribution in [1.29, 1.82) is 0 Å². The first-order valence-electron chi connectivity index (χ1n) is 7.15. The summed E-state index contributed by atoms with van der Waals surface area (Å²) in [6.45, 7) is 2.23. The highest BCUT2D eigenvalue weighted by atomic mass is 35.5. The first-order chi connectivity index (χ1) is 8.74. The van der Waals surface area contributed by atoms with Crippen LogP contribution in [-0.4, -0.2) is 11.2 Å². The second kappa shape index (κ2) is 9.41. The third-order valence-electron chi connectivity index (χ3n) is 3.30. The molecule has 0 aliphatic rings. The lowest BCUT2D eigenvalue weighted by molar-refractivity contribution is 0.161. The average Bonchev–Trinajstić information content (AvgIpc) is 2.36. The van der Waals surface area contributed by atoms with Gasteiger partial charge in [0.25, 0.3) is 0 Å². The fraction of sp³-hybridized carbons (Fsp3) is 0.625.